The van der Waals surface area contributed by atoms with Crippen LogP contribution in [0.1, 0.15) is 16.1 Å². The predicted octanol–water partition coefficient (Wildman–Crippen LogP) is 1.34. The van der Waals surface area contributed by atoms with Crippen LogP contribution < -0.4 is 0 Å². The van der Waals surface area contributed by atoms with Gasteiger partial charge in [0.1, 0.15) is 5.56 Å². The van der Waals surface area contributed by atoms with E-state index in [-0.39, 0.29) is 5.56 Å². The van der Waals surface area contributed by atoms with Gasteiger partial charge in [-0.3, -0.25) is 0 Å². The third-order valence-corrected chi connectivity index (χ3v) is 2.59. The van der Waals surface area contributed by atoms with Crippen LogP contribution in [-0.2, 0) is 0 Å². The van der Waals surface area contributed by atoms with Crippen molar-refractivity contribution in [3.05, 3.63) is 29.0 Å². The van der Waals surface area contributed by atoms with Crippen LogP contribution in [0.5, 0.6) is 0 Å². The molecular formula is C8H7N3O2S. The molecule has 2 aromatic rings. The first-order valence-electron chi connectivity index (χ1n) is 3.88. The van der Waals surface area contributed by atoms with Crippen molar-refractivity contribution in [1.82, 2.24) is 14.8 Å². The summed E-state index contributed by atoms with van der Waals surface area (Å²) in [6, 6.07) is 0. The first-order valence-corrected chi connectivity index (χ1v) is 4.76. The molecule has 0 radical (unpaired) electrons. The summed E-state index contributed by atoms with van der Waals surface area (Å²) in [5.74, 6) is -0.967. The molecule has 0 spiro atoms. The normalized spacial score (nSPS) is 10.4. The average molecular weight is 209 g/mol. The van der Waals surface area contributed by atoms with E-state index < -0.39 is 5.97 Å². The lowest BCUT2D eigenvalue weighted by atomic mass is 10.3. The van der Waals surface area contributed by atoms with Crippen molar-refractivity contribution in [3.8, 4) is 5.13 Å². The Morgan fingerprint density at radius 3 is 2.93 bits per heavy atom. The van der Waals surface area contributed by atoms with Gasteiger partial charge in [-0.2, -0.15) is 5.10 Å². The monoisotopic (exact) mass is 209 g/mol. The Hall–Kier alpha value is -1.69. The van der Waals surface area contributed by atoms with Crippen molar-refractivity contribution in [2.24, 2.45) is 0 Å². The van der Waals surface area contributed by atoms with Gasteiger partial charge in [-0.15, -0.1) is 11.3 Å². The van der Waals surface area contributed by atoms with Gasteiger partial charge in [-0.1, -0.05) is 0 Å². The molecule has 0 aliphatic rings. The third kappa shape index (κ3) is 1.29. The molecule has 0 bridgehead atoms. The Morgan fingerprint density at radius 1 is 1.64 bits per heavy atom. The van der Waals surface area contributed by atoms with E-state index in [0.717, 1.165) is 0 Å². The lowest BCUT2D eigenvalue weighted by molar-refractivity contribution is 0.0696. The minimum absolute atomic E-state index is 0.209. The zero-order valence-electron chi connectivity index (χ0n) is 7.34. The zero-order valence-corrected chi connectivity index (χ0v) is 8.15. The first kappa shape index (κ1) is 8.89. The van der Waals surface area contributed by atoms with Gasteiger partial charge in [0.05, 0.1) is 11.9 Å². The Kier molecular flexibility index (Phi) is 2.05. The first-order chi connectivity index (χ1) is 6.70. The van der Waals surface area contributed by atoms with Crippen molar-refractivity contribution < 1.29 is 9.90 Å². The number of carboxylic acid groups (broad SMARTS) is 1. The minimum Gasteiger partial charge on any atom is -0.478 e. The van der Waals surface area contributed by atoms with Gasteiger partial charge in [0.2, 0.25) is 5.13 Å². The van der Waals surface area contributed by atoms with Gasteiger partial charge in [0, 0.05) is 11.6 Å². The number of thiazole rings is 1. The van der Waals surface area contributed by atoms with Gasteiger partial charge in [0.25, 0.3) is 0 Å². The molecule has 14 heavy (non-hydrogen) atoms. The summed E-state index contributed by atoms with van der Waals surface area (Å²) in [7, 11) is 0. The van der Waals surface area contributed by atoms with Gasteiger partial charge in [-0.25, -0.2) is 14.5 Å². The number of aromatic carboxylic acids is 1. The van der Waals surface area contributed by atoms with Crippen LogP contribution in [0.4, 0.5) is 0 Å². The Morgan fingerprint density at radius 2 is 2.43 bits per heavy atom. The van der Waals surface area contributed by atoms with Crippen molar-refractivity contribution in [2.75, 3.05) is 0 Å². The van der Waals surface area contributed by atoms with E-state index in [0.29, 0.717) is 10.8 Å². The van der Waals surface area contributed by atoms with E-state index in [1.54, 1.807) is 13.1 Å². The molecule has 5 nitrogen and oxygen atoms in total. The highest BCUT2D eigenvalue weighted by molar-refractivity contribution is 7.12. The quantitative estimate of drug-likeness (QED) is 0.810. The fourth-order valence-electron chi connectivity index (χ4n) is 1.13. The molecule has 72 valence electrons. The van der Waals surface area contributed by atoms with Crippen molar-refractivity contribution >= 4 is 17.3 Å². The Labute approximate surface area is 83.6 Å². The third-order valence-electron chi connectivity index (χ3n) is 1.84. The van der Waals surface area contributed by atoms with Crippen LogP contribution in [0.15, 0.2) is 17.8 Å². The summed E-state index contributed by atoms with van der Waals surface area (Å²) in [5, 5.41) is 15.3. The maximum Gasteiger partial charge on any atom is 0.339 e. The van der Waals surface area contributed by atoms with Crippen molar-refractivity contribution in [1.29, 1.82) is 0 Å². The molecular weight excluding hydrogens is 202 g/mol. The van der Waals surface area contributed by atoms with Crippen LogP contribution in [0.3, 0.4) is 0 Å². The van der Waals surface area contributed by atoms with E-state index in [9.17, 15) is 4.79 Å². The molecule has 0 aliphatic heterocycles. The van der Waals surface area contributed by atoms with Gasteiger partial charge >= 0.3 is 5.97 Å². The molecule has 0 aromatic carbocycles. The van der Waals surface area contributed by atoms with E-state index in [2.05, 4.69) is 10.1 Å². The number of hydrogen-bond donors (Lipinski definition) is 1. The van der Waals surface area contributed by atoms with Crippen LogP contribution in [0, 0.1) is 6.92 Å². The summed E-state index contributed by atoms with van der Waals surface area (Å²) in [6.45, 7) is 1.71. The molecule has 2 aromatic heterocycles. The summed E-state index contributed by atoms with van der Waals surface area (Å²) < 4.78 is 1.52. The predicted molar refractivity (Wildman–Crippen MR) is 50.9 cm³/mol. The van der Waals surface area contributed by atoms with Gasteiger partial charge < -0.3 is 5.11 Å². The largest absolute Gasteiger partial charge is 0.478 e. The summed E-state index contributed by atoms with van der Waals surface area (Å²) in [5.41, 5.74) is 0.799. The number of carboxylic acids is 1. The molecule has 1 N–H and O–H groups in total. The molecule has 0 fully saturated rings. The van der Waals surface area contributed by atoms with E-state index >= 15 is 0 Å². The van der Waals surface area contributed by atoms with E-state index in [1.165, 1.54) is 22.2 Å². The van der Waals surface area contributed by atoms with Crippen LogP contribution in [0.2, 0.25) is 0 Å². The second-order valence-corrected chi connectivity index (χ2v) is 3.55. The highest BCUT2D eigenvalue weighted by Crippen LogP contribution is 2.15. The molecule has 6 heteroatoms. The van der Waals surface area contributed by atoms with E-state index in [1.807, 2.05) is 5.38 Å². The zero-order chi connectivity index (χ0) is 10.1. The maximum atomic E-state index is 10.7. The van der Waals surface area contributed by atoms with Crippen LogP contribution >= 0.6 is 11.3 Å². The summed E-state index contributed by atoms with van der Waals surface area (Å²) in [6.07, 6.45) is 2.99. The van der Waals surface area contributed by atoms with Crippen molar-refractivity contribution in [3.63, 3.8) is 0 Å². The highest BCUT2D eigenvalue weighted by Gasteiger charge is 2.14. The van der Waals surface area contributed by atoms with Gasteiger partial charge in [0.15, 0.2) is 0 Å². The molecule has 0 unspecified atom stereocenters. The number of carbonyl (C=O) groups is 1. The number of rotatable bonds is 2. The highest BCUT2D eigenvalue weighted by atomic mass is 32.1. The minimum atomic E-state index is -0.967. The maximum absolute atomic E-state index is 10.7. The lowest BCUT2D eigenvalue weighted by Gasteiger charge is -1.98. The molecule has 0 aliphatic carbocycles. The average Bonchev–Trinajstić information content (AvgIpc) is 2.71. The molecule has 2 rings (SSSR count). The number of nitrogens with zero attached hydrogens (tertiary/aromatic N) is 3. The molecule has 0 saturated carbocycles. The Bertz CT molecular complexity index is 461. The molecule has 0 amide bonds. The standard InChI is InChI=1S/C8H7N3O2S/c1-5-6(7(12)13)4-10-11(5)8-9-2-3-14-8/h2-4H,1H3,(H,12,13). The topological polar surface area (TPSA) is 68.0 Å². The smallest absolute Gasteiger partial charge is 0.339 e. The fraction of sp³-hybridized carbons (Fsp3) is 0.125. The van der Waals surface area contributed by atoms with Gasteiger partial charge in [-0.05, 0) is 6.92 Å². The SMILES string of the molecule is Cc1c(C(=O)O)cnn1-c1nccs1. The van der Waals surface area contributed by atoms with Crippen LogP contribution in [-0.4, -0.2) is 25.8 Å². The van der Waals surface area contributed by atoms with Crippen molar-refractivity contribution in [2.45, 2.75) is 6.92 Å². The molecule has 0 saturated heterocycles. The van der Waals surface area contributed by atoms with E-state index in [4.69, 9.17) is 5.11 Å². The Balaban J connectivity index is 2.52. The second kappa shape index (κ2) is 3.22. The second-order valence-electron chi connectivity index (χ2n) is 2.68. The molecule has 0 atom stereocenters. The summed E-state index contributed by atoms with van der Waals surface area (Å²) >= 11 is 1.41. The lowest BCUT2D eigenvalue weighted by Crippen LogP contribution is -2.01. The molecule has 2 heterocycles. The number of hydrogen-bond acceptors (Lipinski definition) is 4. The number of aromatic nitrogens is 3. The summed E-state index contributed by atoms with van der Waals surface area (Å²) in [4.78, 5) is 14.8. The fourth-order valence-corrected chi connectivity index (χ4v) is 1.78. The van der Waals surface area contributed by atoms with Crippen LogP contribution in [0.25, 0.3) is 5.13 Å².